The lowest BCUT2D eigenvalue weighted by Crippen LogP contribution is -2.08. The van der Waals surface area contributed by atoms with Crippen LogP contribution < -0.4 is 4.90 Å². The van der Waals surface area contributed by atoms with Gasteiger partial charge in [-0.25, -0.2) is 19.6 Å². The van der Waals surface area contributed by atoms with Gasteiger partial charge in [0, 0.05) is 34.6 Å². The van der Waals surface area contributed by atoms with Gasteiger partial charge in [-0.3, -0.25) is 9.88 Å². The number of aromatic carboxylic acids is 2. The highest BCUT2D eigenvalue weighted by molar-refractivity contribution is 5.97. The van der Waals surface area contributed by atoms with E-state index >= 15 is 0 Å². The summed E-state index contributed by atoms with van der Waals surface area (Å²) in [5.41, 5.74) is 4.35. The average molecular weight is 605 g/mol. The monoisotopic (exact) mass is 604 g/mol. The van der Waals surface area contributed by atoms with Gasteiger partial charge in [-0.05, 0) is 66.7 Å². The van der Waals surface area contributed by atoms with Crippen LogP contribution in [0.2, 0.25) is 0 Å². The van der Waals surface area contributed by atoms with Crippen LogP contribution >= 0.6 is 0 Å². The molecule has 7 aromatic rings. The second kappa shape index (κ2) is 11.8. The maximum absolute atomic E-state index is 12.2. The minimum atomic E-state index is -1.17. The Morgan fingerprint density at radius 1 is 0.587 bits per heavy atom. The van der Waals surface area contributed by atoms with Crippen LogP contribution in [0.15, 0.2) is 138 Å². The summed E-state index contributed by atoms with van der Waals surface area (Å²) < 4.78 is 6.55. The fraction of sp³-hybridized carbons (Fsp3) is 0. The Kier molecular flexibility index (Phi) is 7.24. The molecule has 3 aromatic carbocycles. The number of carboxylic acid groups (broad SMARTS) is 2. The Bertz CT molecular complexity index is 2190. The van der Waals surface area contributed by atoms with Crippen molar-refractivity contribution >= 4 is 40.1 Å². The van der Waals surface area contributed by atoms with Gasteiger partial charge in [0.05, 0.1) is 39.4 Å². The fourth-order valence-corrected chi connectivity index (χ4v) is 5.28. The van der Waals surface area contributed by atoms with Crippen LogP contribution in [-0.4, -0.2) is 37.1 Å². The molecular weight excluding hydrogens is 580 g/mol. The number of rotatable bonds is 8. The summed E-state index contributed by atoms with van der Waals surface area (Å²) in [5.74, 6) is -1.11. The third-order valence-electron chi connectivity index (χ3n) is 7.43. The highest BCUT2D eigenvalue weighted by atomic mass is 16.4. The number of para-hydroxylation sites is 3. The Balaban J connectivity index is 1.38. The molecule has 0 bridgehead atoms. The van der Waals surface area contributed by atoms with Gasteiger partial charge in [0.1, 0.15) is 5.76 Å². The number of hydrogen-bond donors (Lipinski definition) is 2. The van der Waals surface area contributed by atoms with E-state index in [0.717, 1.165) is 22.3 Å². The molecule has 9 heteroatoms. The van der Waals surface area contributed by atoms with E-state index in [1.165, 1.54) is 30.5 Å². The Labute approximate surface area is 262 Å². The number of furan rings is 1. The standard InChI is InChI=1S/C37H24N4O5/c42-36(43)23-17-18-38-30(19-23)31-20-24(37(44)45)21-32(40-31)33-22-28(27-13-7-8-14-29(27)39-33)34-15-16-35(46-34)41(25-9-3-1-4-10-25)26-11-5-2-6-12-26/h1-22H,(H,42,43)(H,44,45). The van der Waals surface area contributed by atoms with E-state index in [4.69, 9.17) is 14.4 Å². The first-order valence-electron chi connectivity index (χ1n) is 14.3. The topological polar surface area (TPSA) is 130 Å². The van der Waals surface area contributed by atoms with Gasteiger partial charge in [-0.1, -0.05) is 54.6 Å². The van der Waals surface area contributed by atoms with Gasteiger partial charge in [0.2, 0.25) is 5.88 Å². The predicted molar refractivity (Wildman–Crippen MR) is 175 cm³/mol. The molecule has 0 unspecified atom stereocenters. The molecule has 4 aromatic heterocycles. The van der Waals surface area contributed by atoms with Crippen LogP contribution in [0.4, 0.5) is 17.3 Å². The maximum atomic E-state index is 12.2. The summed E-state index contributed by atoms with van der Waals surface area (Å²) in [6.45, 7) is 0. The number of aromatic nitrogens is 3. The van der Waals surface area contributed by atoms with Crippen LogP contribution in [0.25, 0.3) is 45.0 Å². The molecule has 2 N–H and O–H groups in total. The predicted octanol–water partition coefficient (Wildman–Crippen LogP) is 8.49. The lowest BCUT2D eigenvalue weighted by molar-refractivity contribution is 0.0686. The first-order valence-corrected chi connectivity index (χ1v) is 14.3. The second-order valence-corrected chi connectivity index (χ2v) is 10.4. The molecule has 0 fully saturated rings. The average Bonchev–Trinajstić information content (AvgIpc) is 3.58. The number of carbonyl (C=O) groups is 2. The molecule has 0 aliphatic heterocycles. The highest BCUT2D eigenvalue weighted by Gasteiger charge is 2.20. The first-order chi connectivity index (χ1) is 22.4. The normalized spacial score (nSPS) is 11.0. The van der Waals surface area contributed by atoms with Crippen LogP contribution in [0.3, 0.4) is 0 Å². The van der Waals surface area contributed by atoms with Gasteiger partial charge in [-0.15, -0.1) is 0 Å². The molecule has 0 saturated heterocycles. The highest BCUT2D eigenvalue weighted by Crippen LogP contribution is 2.40. The van der Waals surface area contributed by atoms with Crippen molar-refractivity contribution in [3.8, 4) is 34.1 Å². The first kappa shape index (κ1) is 28.2. The SMILES string of the molecule is O=C(O)c1ccnc(-c2cc(C(=O)O)cc(-c3cc(-c4ccc(N(c5ccccc5)c5ccccc5)o4)c4ccccc4n3)n2)c1. The van der Waals surface area contributed by atoms with E-state index < -0.39 is 11.9 Å². The van der Waals surface area contributed by atoms with Crippen molar-refractivity contribution < 1.29 is 24.2 Å². The van der Waals surface area contributed by atoms with Gasteiger partial charge in [-0.2, -0.15) is 0 Å². The third-order valence-corrected chi connectivity index (χ3v) is 7.43. The van der Waals surface area contributed by atoms with Crippen molar-refractivity contribution in [3.63, 3.8) is 0 Å². The molecule has 9 nitrogen and oxygen atoms in total. The van der Waals surface area contributed by atoms with Gasteiger partial charge < -0.3 is 14.6 Å². The van der Waals surface area contributed by atoms with E-state index in [9.17, 15) is 19.8 Å². The number of nitrogens with zero attached hydrogens (tertiary/aromatic N) is 4. The van der Waals surface area contributed by atoms with Crippen molar-refractivity contribution in [3.05, 3.63) is 145 Å². The van der Waals surface area contributed by atoms with E-state index in [1.54, 1.807) is 0 Å². The zero-order valence-corrected chi connectivity index (χ0v) is 24.1. The summed E-state index contributed by atoms with van der Waals surface area (Å²) >= 11 is 0. The molecule has 0 saturated carbocycles. The molecular formula is C37H24N4O5. The summed E-state index contributed by atoms with van der Waals surface area (Å²) in [4.78, 5) is 39.5. The lowest BCUT2D eigenvalue weighted by Gasteiger charge is -2.22. The molecule has 0 amide bonds. The quantitative estimate of drug-likeness (QED) is 0.175. The molecule has 0 spiro atoms. The third kappa shape index (κ3) is 5.44. The number of benzene rings is 3. The lowest BCUT2D eigenvalue weighted by atomic mass is 10.0. The molecule has 0 atom stereocenters. The number of fused-ring (bicyclic) bond motifs is 1. The molecule has 0 aliphatic carbocycles. The van der Waals surface area contributed by atoms with Gasteiger partial charge >= 0.3 is 11.9 Å². The summed E-state index contributed by atoms with van der Waals surface area (Å²) in [5, 5.41) is 20.2. The summed E-state index contributed by atoms with van der Waals surface area (Å²) in [6, 6.07) is 38.6. The number of carboxylic acids is 2. The largest absolute Gasteiger partial charge is 0.478 e. The fourth-order valence-electron chi connectivity index (χ4n) is 5.28. The molecule has 46 heavy (non-hydrogen) atoms. The Morgan fingerprint density at radius 2 is 1.17 bits per heavy atom. The van der Waals surface area contributed by atoms with E-state index in [0.29, 0.717) is 22.9 Å². The minimum absolute atomic E-state index is 0.00821. The van der Waals surface area contributed by atoms with Crippen molar-refractivity contribution in [2.45, 2.75) is 0 Å². The second-order valence-electron chi connectivity index (χ2n) is 10.4. The maximum Gasteiger partial charge on any atom is 0.335 e. The zero-order chi connectivity index (χ0) is 31.6. The molecule has 7 rings (SSSR count). The van der Waals surface area contributed by atoms with Crippen molar-refractivity contribution in [2.24, 2.45) is 0 Å². The van der Waals surface area contributed by atoms with E-state index in [2.05, 4.69) is 4.98 Å². The van der Waals surface area contributed by atoms with Crippen LogP contribution in [0.1, 0.15) is 20.7 Å². The summed E-state index contributed by atoms with van der Waals surface area (Å²) in [7, 11) is 0. The van der Waals surface area contributed by atoms with Crippen molar-refractivity contribution in [1.82, 2.24) is 15.0 Å². The van der Waals surface area contributed by atoms with Gasteiger partial charge in [0.25, 0.3) is 0 Å². The molecule has 4 heterocycles. The number of pyridine rings is 3. The van der Waals surface area contributed by atoms with E-state index in [1.807, 2.05) is 108 Å². The van der Waals surface area contributed by atoms with Crippen LogP contribution in [-0.2, 0) is 0 Å². The molecule has 0 radical (unpaired) electrons. The minimum Gasteiger partial charge on any atom is -0.478 e. The zero-order valence-electron chi connectivity index (χ0n) is 24.1. The number of anilines is 3. The smallest absolute Gasteiger partial charge is 0.335 e. The Hall–Kier alpha value is -6.61. The van der Waals surface area contributed by atoms with Crippen molar-refractivity contribution in [2.75, 3.05) is 4.90 Å². The Morgan fingerprint density at radius 3 is 1.85 bits per heavy atom. The van der Waals surface area contributed by atoms with E-state index in [-0.39, 0.29) is 28.2 Å². The van der Waals surface area contributed by atoms with Gasteiger partial charge in [0.15, 0.2) is 0 Å². The molecule has 0 aliphatic rings. The summed E-state index contributed by atoms with van der Waals surface area (Å²) in [6.07, 6.45) is 1.35. The molecule has 222 valence electrons. The van der Waals surface area contributed by atoms with Crippen LogP contribution in [0, 0.1) is 0 Å². The van der Waals surface area contributed by atoms with Crippen LogP contribution in [0.5, 0.6) is 0 Å². The number of hydrogen-bond acceptors (Lipinski definition) is 7. The van der Waals surface area contributed by atoms with Crippen molar-refractivity contribution in [1.29, 1.82) is 0 Å².